The second-order valence-corrected chi connectivity index (χ2v) is 16.9. The number of piperidine rings is 1. The van der Waals surface area contributed by atoms with Gasteiger partial charge in [-0.25, -0.2) is 14.6 Å². The van der Waals surface area contributed by atoms with Crippen LogP contribution < -0.4 is 30.2 Å². The zero-order valence-corrected chi connectivity index (χ0v) is 38.0. The molecule has 1 aliphatic carbocycles. The molecule has 5 aromatic rings. The van der Waals surface area contributed by atoms with Crippen LogP contribution >= 0.6 is 0 Å². The number of aromatic nitrogens is 5. The number of carbonyl (C=O) groups excluding carboxylic acids is 2. The van der Waals surface area contributed by atoms with Crippen LogP contribution in [0.4, 0.5) is 0 Å². The molecule has 18 heteroatoms. The lowest BCUT2D eigenvalue weighted by Gasteiger charge is -2.52. The average Bonchev–Trinajstić information content (AvgIpc) is 3.88. The summed E-state index contributed by atoms with van der Waals surface area (Å²) in [5.41, 5.74) is 4.01. The third-order valence-electron chi connectivity index (χ3n) is 13.2. The molecule has 0 bridgehead atoms. The Labute approximate surface area is 370 Å². The van der Waals surface area contributed by atoms with Crippen molar-refractivity contribution in [3.8, 4) is 23.0 Å². The number of aliphatic hydroxyl groups excluding tert-OH is 1. The maximum Gasteiger partial charge on any atom is 0.338 e. The first kappa shape index (κ1) is 46.2. The fourth-order valence-electron chi connectivity index (χ4n) is 10.1. The van der Waals surface area contributed by atoms with E-state index < -0.39 is 24.1 Å². The number of unbranched alkanes of at least 4 members (excludes halogenated alkanes) is 1. The number of nitrogens with one attached hydrogen (secondary N) is 1. The summed E-state index contributed by atoms with van der Waals surface area (Å²) in [6, 6.07) is 9.40. The molecule has 2 aliphatic heterocycles. The molecule has 0 unspecified atom stereocenters. The quantitative estimate of drug-likeness (QED) is 0.126. The van der Waals surface area contributed by atoms with E-state index in [1.165, 1.54) is 60.5 Å². The van der Waals surface area contributed by atoms with Crippen molar-refractivity contribution in [1.82, 2.24) is 28.6 Å². The minimum Gasteiger partial charge on any atom is -0.497 e. The van der Waals surface area contributed by atoms with E-state index in [1.807, 2.05) is 12.1 Å². The van der Waals surface area contributed by atoms with Gasteiger partial charge in [0.05, 0.1) is 65.5 Å². The van der Waals surface area contributed by atoms with Gasteiger partial charge in [-0.15, -0.1) is 0 Å². The fraction of sp³-hybridized carbons (Fsp3) is 0.543. The van der Waals surface area contributed by atoms with E-state index in [4.69, 9.17) is 33.2 Å². The molecule has 0 amide bonds. The number of ether oxygens (including phenoxy) is 7. The van der Waals surface area contributed by atoms with Gasteiger partial charge in [-0.05, 0) is 87.1 Å². The van der Waals surface area contributed by atoms with Crippen molar-refractivity contribution in [2.24, 2.45) is 31.8 Å². The molecule has 1 saturated heterocycles. The largest absolute Gasteiger partial charge is 0.497 e. The Kier molecular flexibility index (Phi) is 14.1. The summed E-state index contributed by atoms with van der Waals surface area (Å²) in [6.07, 6.45) is 4.23. The monoisotopic (exact) mass is 888 g/mol. The van der Waals surface area contributed by atoms with Gasteiger partial charge in [-0.2, -0.15) is 0 Å². The molecule has 0 radical (unpaired) electrons. The van der Waals surface area contributed by atoms with E-state index in [9.17, 15) is 24.3 Å². The van der Waals surface area contributed by atoms with Gasteiger partial charge in [-0.3, -0.25) is 23.6 Å². The molecule has 1 saturated carbocycles. The van der Waals surface area contributed by atoms with Gasteiger partial charge in [0.2, 0.25) is 5.75 Å². The van der Waals surface area contributed by atoms with Crippen molar-refractivity contribution in [3.05, 3.63) is 74.3 Å². The third-order valence-corrected chi connectivity index (χ3v) is 13.2. The Morgan fingerprint density at radius 2 is 1.69 bits per heavy atom. The first-order valence-corrected chi connectivity index (χ1v) is 21.6. The lowest BCUT2D eigenvalue weighted by atomic mass is 9.63. The van der Waals surface area contributed by atoms with E-state index in [1.54, 1.807) is 51.9 Å². The summed E-state index contributed by atoms with van der Waals surface area (Å²) in [6.45, 7) is 3.77. The van der Waals surface area contributed by atoms with Crippen molar-refractivity contribution in [2.75, 3.05) is 55.7 Å². The number of methoxy groups -OCH3 is 6. The first-order valence-electron chi connectivity index (χ1n) is 21.6. The minimum atomic E-state index is -0.670. The van der Waals surface area contributed by atoms with Crippen molar-refractivity contribution < 1.29 is 47.9 Å². The number of imidazole rings is 1. The number of H-pyrrole nitrogens is 1. The SMILES string of the molecule is COC(=O)[C@H]1[C@H]2C[C@@H]3c4[nH]c5cc(OC)ccc5c4CCN3C[C@H]2C[C@@H](OC(=O)c2cc(OC)c(OC)c(OC)c2)[C@@H]1OC.C[C@@H](O)CCCCn1c(=O)c2c(ncn2C)n(C)c1=O. The van der Waals surface area contributed by atoms with E-state index in [-0.39, 0.29) is 46.8 Å². The Bertz CT molecular complexity index is 2590. The average molecular weight is 889 g/mol. The molecule has 18 nitrogen and oxygen atoms in total. The number of rotatable bonds is 13. The number of nitrogens with zero attached hydrogens (tertiary/aromatic N) is 5. The third kappa shape index (κ3) is 8.69. The summed E-state index contributed by atoms with van der Waals surface area (Å²) in [7, 11) is 12.5. The number of hydrogen-bond donors (Lipinski definition) is 2. The standard InChI is InChI=1S/C33H40N2O9.C13H20N4O3/c1-38-19-7-8-20-21-9-10-35-16-18-13-27(44-32(36)17-11-25(39-2)30(41-4)26(12-17)40-3)31(42-5)28(33(37)43-6)22(18)15-24(35)29(21)34-23(20)14-19;1-9(18)6-4-5-7-17-12(19)10-11(14-8-15(10)2)16(3)13(17)20/h7-8,11-12,14,18,22,24,27-28,31,34H,9-10,13,15-16H2,1-6H3;8-9,18H,4-7H2,1-3H3/t18-,22+,24-,27-,28+,31+;9-/m11/s1. The number of benzene rings is 2. The van der Waals surface area contributed by atoms with E-state index >= 15 is 0 Å². The smallest absolute Gasteiger partial charge is 0.338 e. The molecule has 2 N–H and O–H groups in total. The highest BCUT2D eigenvalue weighted by atomic mass is 16.6. The van der Waals surface area contributed by atoms with Gasteiger partial charge < -0.3 is 47.8 Å². The molecule has 8 rings (SSSR count). The van der Waals surface area contributed by atoms with Crippen LogP contribution in [0.15, 0.2) is 46.2 Å². The van der Waals surface area contributed by atoms with Crippen LogP contribution in [0, 0.1) is 17.8 Å². The molecule has 0 spiro atoms. The highest BCUT2D eigenvalue weighted by Crippen LogP contribution is 2.51. The number of fused-ring (bicyclic) bond motifs is 7. The molecule has 3 aromatic heterocycles. The van der Waals surface area contributed by atoms with Crippen molar-refractivity contribution in [3.63, 3.8) is 0 Å². The van der Waals surface area contributed by atoms with Crippen molar-refractivity contribution in [2.45, 2.75) is 76.3 Å². The van der Waals surface area contributed by atoms with Crippen LogP contribution in [-0.4, -0.2) is 120 Å². The summed E-state index contributed by atoms with van der Waals surface area (Å²) in [5.74, 6) is 0.441. The highest BCUT2D eigenvalue weighted by molar-refractivity contribution is 5.91. The molecule has 5 heterocycles. The lowest BCUT2D eigenvalue weighted by molar-refractivity contribution is -0.176. The number of carbonyl (C=O) groups is 2. The number of aliphatic hydroxyl groups is 1. The minimum absolute atomic E-state index is 0.0170. The topological polar surface area (TPSA) is 200 Å². The predicted molar refractivity (Wildman–Crippen MR) is 236 cm³/mol. The maximum atomic E-state index is 13.5. The van der Waals surface area contributed by atoms with Crippen LogP contribution in [0.25, 0.3) is 22.1 Å². The molecule has 2 aromatic carbocycles. The van der Waals surface area contributed by atoms with Gasteiger partial charge in [0.25, 0.3) is 5.56 Å². The van der Waals surface area contributed by atoms with Gasteiger partial charge in [0.1, 0.15) is 18.0 Å². The van der Waals surface area contributed by atoms with Crippen molar-refractivity contribution in [1.29, 1.82) is 0 Å². The summed E-state index contributed by atoms with van der Waals surface area (Å²) >= 11 is 0. The molecular weight excluding hydrogens is 829 g/mol. The number of hydrogen-bond acceptors (Lipinski definition) is 14. The molecular formula is C46H60N6O12. The van der Waals surface area contributed by atoms with E-state index in [0.717, 1.165) is 43.6 Å². The summed E-state index contributed by atoms with van der Waals surface area (Å²) < 4.78 is 43.4. The number of esters is 2. The van der Waals surface area contributed by atoms with Crippen LogP contribution in [0.5, 0.6) is 23.0 Å². The fourth-order valence-corrected chi connectivity index (χ4v) is 10.1. The molecule has 346 valence electrons. The molecule has 3 aliphatic rings. The van der Waals surface area contributed by atoms with Crippen LogP contribution in [0.2, 0.25) is 0 Å². The first-order chi connectivity index (χ1) is 30.8. The summed E-state index contributed by atoms with van der Waals surface area (Å²) in [4.78, 5) is 61.7. The second kappa shape index (κ2) is 19.5. The van der Waals surface area contributed by atoms with Gasteiger partial charge in [0.15, 0.2) is 22.7 Å². The van der Waals surface area contributed by atoms with Gasteiger partial charge in [0, 0.05) is 63.5 Å². The zero-order chi connectivity index (χ0) is 46.0. The highest BCUT2D eigenvalue weighted by Gasteiger charge is 2.54. The summed E-state index contributed by atoms with van der Waals surface area (Å²) in [5, 5.41) is 10.4. The number of aryl methyl sites for hydroxylation is 2. The normalized spacial score (nSPS) is 22.0. The Hall–Kier alpha value is -5.85. The molecule has 64 heavy (non-hydrogen) atoms. The predicted octanol–water partition coefficient (Wildman–Crippen LogP) is 4.16. The van der Waals surface area contributed by atoms with E-state index in [0.29, 0.717) is 54.2 Å². The Morgan fingerprint density at radius 3 is 2.33 bits per heavy atom. The molecule has 2 fully saturated rings. The second-order valence-electron chi connectivity index (χ2n) is 16.9. The Balaban J connectivity index is 0.000000256. The van der Waals surface area contributed by atoms with Gasteiger partial charge in [-0.1, -0.05) is 0 Å². The van der Waals surface area contributed by atoms with Crippen LogP contribution in [-0.2, 0) is 46.1 Å². The molecule has 7 atom stereocenters. The van der Waals surface area contributed by atoms with Crippen LogP contribution in [0.1, 0.15) is 66.7 Å². The number of aromatic amines is 1. The zero-order valence-electron chi connectivity index (χ0n) is 38.0. The van der Waals surface area contributed by atoms with Crippen molar-refractivity contribution >= 4 is 34.0 Å². The Morgan fingerprint density at radius 1 is 0.953 bits per heavy atom. The van der Waals surface area contributed by atoms with Gasteiger partial charge >= 0.3 is 17.6 Å². The maximum absolute atomic E-state index is 13.5. The van der Waals surface area contributed by atoms with E-state index in [2.05, 4.69) is 20.9 Å². The van der Waals surface area contributed by atoms with Crippen LogP contribution in [0.3, 0.4) is 0 Å². The lowest BCUT2D eigenvalue weighted by Crippen LogP contribution is -2.58.